The molecule has 0 saturated carbocycles. The highest BCUT2D eigenvalue weighted by Crippen LogP contribution is 2.36. The van der Waals surface area contributed by atoms with Gasteiger partial charge in [0.15, 0.2) is 11.8 Å². The van der Waals surface area contributed by atoms with E-state index in [9.17, 15) is 18.0 Å². The van der Waals surface area contributed by atoms with Crippen LogP contribution in [0.1, 0.15) is 30.1 Å². The Balaban J connectivity index is 1.72. The molecule has 12 heteroatoms. The summed E-state index contributed by atoms with van der Waals surface area (Å²) in [6, 6.07) is 12.2. The number of alkyl halides is 3. The Labute approximate surface area is 232 Å². The molecule has 1 amide bonds. The molecule has 216 valence electrons. The Morgan fingerprint density at radius 2 is 1.80 bits per heavy atom. The molecule has 4 rings (SSSR count). The van der Waals surface area contributed by atoms with Gasteiger partial charge in [0.1, 0.15) is 12.3 Å². The zero-order chi connectivity index (χ0) is 29.0. The minimum absolute atomic E-state index is 0.0557. The number of aliphatic imine (C=N–C) groups is 1. The molecule has 0 radical (unpaired) electrons. The standard InChI is InChI=1S/C28H36F3N7O2/c1-5-8-23-25(36(3)22-10-7-6-9-20(22)26(39)38(23)18-28(29,30)31)34-27(32)33-21-12-11-19(17-24(21)40-4)37-15-13-35(2)14-16-37/h6-7,9-12,17H,5,8,13-16,18H2,1-4H3,(H3,32,33,34). The Morgan fingerprint density at radius 1 is 1.10 bits per heavy atom. The van der Waals surface area contributed by atoms with E-state index in [2.05, 4.69) is 27.2 Å². The van der Waals surface area contributed by atoms with Crippen molar-refractivity contribution in [2.75, 3.05) is 69.0 Å². The maximum absolute atomic E-state index is 13.7. The first-order valence-electron chi connectivity index (χ1n) is 13.2. The third kappa shape index (κ3) is 6.44. The second-order valence-corrected chi connectivity index (χ2v) is 9.90. The molecule has 9 nitrogen and oxygen atoms in total. The van der Waals surface area contributed by atoms with Crippen LogP contribution in [0, 0.1) is 0 Å². The SMILES string of the molecule is CCCC1=C(/N=C(\N)Nc2ccc(N3CCN(C)CC3)cc2OC)N(C)c2ccccc2C(=O)N1CC(F)(F)F. The summed E-state index contributed by atoms with van der Waals surface area (Å²) in [4.78, 5) is 24.8. The smallest absolute Gasteiger partial charge is 0.406 e. The van der Waals surface area contributed by atoms with Crippen LogP contribution in [0.2, 0.25) is 0 Å². The van der Waals surface area contributed by atoms with Gasteiger partial charge >= 0.3 is 6.18 Å². The number of nitrogens with one attached hydrogen (secondary N) is 1. The van der Waals surface area contributed by atoms with Gasteiger partial charge in [0, 0.05) is 45.0 Å². The maximum atomic E-state index is 13.7. The van der Waals surface area contributed by atoms with E-state index in [4.69, 9.17) is 10.5 Å². The molecule has 0 spiro atoms. The summed E-state index contributed by atoms with van der Waals surface area (Å²) in [5.74, 6) is -0.0887. The number of halogens is 3. The van der Waals surface area contributed by atoms with Crippen LogP contribution in [0.5, 0.6) is 5.75 Å². The lowest BCUT2D eigenvalue weighted by Gasteiger charge is -2.34. The van der Waals surface area contributed by atoms with Gasteiger partial charge in [0.2, 0.25) is 0 Å². The molecule has 40 heavy (non-hydrogen) atoms. The van der Waals surface area contributed by atoms with Crippen molar-refractivity contribution in [2.45, 2.75) is 25.9 Å². The lowest BCUT2D eigenvalue weighted by atomic mass is 10.1. The highest BCUT2D eigenvalue weighted by atomic mass is 19.4. The Morgan fingerprint density at radius 3 is 2.45 bits per heavy atom. The third-order valence-electron chi connectivity index (χ3n) is 7.01. The quantitative estimate of drug-likeness (QED) is 0.386. The highest BCUT2D eigenvalue weighted by Gasteiger charge is 2.39. The summed E-state index contributed by atoms with van der Waals surface area (Å²) in [6.45, 7) is 4.11. The van der Waals surface area contributed by atoms with Crippen LogP contribution in [0.25, 0.3) is 0 Å². The average molecular weight is 560 g/mol. The van der Waals surface area contributed by atoms with Gasteiger partial charge in [0.25, 0.3) is 5.91 Å². The number of guanidine groups is 1. The van der Waals surface area contributed by atoms with Gasteiger partial charge in [-0.2, -0.15) is 18.2 Å². The summed E-state index contributed by atoms with van der Waals surface area (Å²) in [6.07, 6.45) is -3.92. The maximum Gasteiger partial charge on any atom is 0.406 e. The van der Waals surface area contributed by atoms with Gasteiger partial charge in [-0.15, -0.1) is 0 Å². The number of para-hydroxylation sites is 1. The predicted molar refractivity (Wildman–Crippen MR) is 152 cm³/mol. The van der Waals surface area contributed by atoms with E-state index in [0.717, 1.165) is 36.8 Å². The van der Waals surface area contributed by atoms with Crippen LogP contribution in [-0.4, -0.2) is 81.8 Å². The molecule has 0 bridgehead atoms. The molecule has 0 unspecified atom stereocenters. The molecule has 0 atom stereocenters. The first-order valence-corrected chi connectivity index (χ1v) is 13.2. The molecule has 0 aromatic heterocycles. The Kier molecular flexibility index (Phi) is 8.77. The summed E-state index contributed by atoms with van der Waals surface area (Å²) >= 11 is 0. The number of ether oxygens (including phenoxy) is 1. The van der Waals surface area contributed by atoms with E-state index in [-0.39, 0.29) is 29.5 Å². The van der Waals surface area contributed by atoms with Crippen molar-refractivity contribution in [1.82, 2.24) is 9.80 Å². The van der Waals surface area contributed by atoms with Crippen molar-refractivity contribution in [2.24, 2.45) is 10.7 Å². The lowest BCUT2D eigenvalue weighted by molar-refractivity contribution is -0.137. The number of likely N-dealkylation sites (N-methyl/N-ethyl adjacent to an activating group) is 1. The summed E-state index contributed by atoms with van der Waals surface area (Å²) in [5.41, 5.74) is 8.64. The molecule has 3 N–H and O–H groups in total. The minimum Gasteiger partial charge on any atom is -0.494 e. The molecule has 2 heterocycles. The van der Waals surface area contributed by atoms with Crippen molar-refractivity contribution < 1.29 is 22.7 Å². The molecule has 2 aliphatic rings. The normalized spacial score (nSPS) is 17.2. The fourth-order valence-electron chi connectivity index (χ4n) is 4.94. The first-order chi connectivity index (χ1) is 19.0. The number of piperazine rings is 1. The zero-order valence-corrected chi connectivity index (χ0v) is 23.3. The van der Waals surface area contributed by atoms with Crippen LogP contribution in [0.15, 0.2) is 59.0 Å². The van der Waals surface area contributed by atoms with E-state index in [1.54, 1.807) is 37.3 Å². The number of fused-ring (bicyclic) bond motifs is 1. The van der Waals surface area contributed by atoms with Crippen molar-refractivity contribution in [3.63, 3.8) is 0 Å². The van der Waals surface area contributed by atoms with Crippen LogP contribution in [-0.2, 0) is 0 Å². The Bertz CT molecular complexity index is 1290. The van der Waals surface area contributed by atoms with E-state index in [1.807, 2.05) is 25.1 Å². The Hall–Kier alpha value is -3.93. The van der Waals surface area contributed by atoms with Gasteiger partial charge in [-0.1, -0.05) is 25.5 Å². The number of benzene rings is 2. The number of hydrogen-bond acceptors (Lipinski definition) is 6. The molecular weight excluding hydrogens is 523 g/mol. The summed E-state index contributed by atoms with van der Waals surface area (Å²) < 4.78 is 46.6. The molecule has 2 aromatic rings. The fourth-order valence-corrected chi connectivity index (χ4v) is 4.94. The number of rotatable bonds is 7. The van der Waals surface area contributed by atoms with Crippen molar-refractivity contribution in [3.05, 3.63) is 59.5 Å². The van der Waals surface area contributed by atoms with E-state index in [0.29, 0.717) is 23.5 Å². The van der Waals surface area contributed by atoms with Crippen LogP contribution in [0.4, 0.5) is 30.2 Å². The van der Waals surface area contributed by atoms with E-state index in [1.165, 1.54) is 6.07 Å². The second kappa shape index (κ2) is 12.1. The van der Waals surface area contributed by atoms with Gasteiger partial charge in [-0.25, -0.2) is 0 Å². The number of nitrogens with zero attached hydrogens (tertiary/aromatic N) is 5. The highest BCUT2D eigenvalue weighted by molar-refractivity contribution is 6.02. The topological polar surface area (TPSA) is 89.7 Å². The van der Waals surface area contributed by atoms with Crippen LogP contribution >= 0.6 is 0 Å². The zero-order valence-electron chi connectivity index (χ0n) is 23.3. The molecule has 2 aromatic carbocycles. The largest absolute Gasteiger partial charge is 0.494 e. The number of allylic oxidation sites excluding steroid dienone is 1. The molecule has 2 aliphatic heterocycles. The van der Waals surface area contributed by atoms with Gasteiger partial charge in [-0.05, 0) is 37.7 Å². The van der Waals surface area contributed by atoms with Crippen molar-refractivity contribution in [3.8, 4) is 5.75 Å². The number of carbonyl (C=O) groups excluding carboxylic acids is 1. The fraction of sp³-hybridized carbons (Fsp3) is 0.429. The van der Waals surface area contributed by atoms with Gasteiger partial charge in [0.05, 0.1) is 29.7 Å². The number of hydrogen-bond donors (Lipinski definition) is 2. The average Bonchev–Trinajstić information content (AvgIpc) is 2.99. The number of anilines is 3. The predicted octanol–water partition coefficient (Wildman–Crippen LogP) is 4.30. The van der Waals surface area contributed by atoms with Gasteiger partial charge < -0.3 is 30.5 Å². The third-order valence-corrected chi connectivity index (χ3v) is 7.01. The van der Waals surface area contributed by atoms with Crippen molar-refractivity contribution >= 4 is 28.9 Å². The van der Waals surface area contributed by atoms with Crippen LogP contribution < -0.4 is 25.6 Å². The summed E-state index contributed by atoms with van der Waals surface area (Å²) in [5, 5.41) is 3.04. The minimum atomic E-state index is -4.61. The summed E-state index contributed by atoms with van der Waals surface area (Å²) in [7, 11) is 5.31. The van der Waals surface area contributed by atoms with Crippen LogP contribution in [0.3, 0.4) is 0 Å². The van der Waals surface area contributed by atoms with E-state index < -0.39 is 18.6 Å². The number of carbonyl (C=O) groups is 1. The van der Waals surface area contributed by atoms with Gasteiger partial charge in [-0.3, -0.25) is 9.69 Å². The molecule has 1 fully saturated rings. The molecule has 0 aliphatic carbocycles. The molecule has 1 saturated heterocycles. The second-order valence-electron chi connectivity index (χ2n) is 9.90. The molecular formula is C28H36F3N7O2. The number of methoxy groups -OCH3 is 1. The number of nitrogens with two attached hydrogens (primary N) is 1. The van der Waals surface area contributed by atoms with Crippen molar-refractivity contribution in [1.29, 1.82) is 0 Å². The van der Waals surface area contributed by atoms with E-state index >= 15 is 0 Å². The first kappa shape index (κ1) is 29.1. The monoisotopic (exact) mass is 559 g/mol. The number of amides is 1. The lowest BCUT2D eigenvalue weighted by Crippen LogP contribution is -2.44.